The molecule has 0 aliphatic heterocycles. The molecule has 0 amide bonds. The van der Waals surface area contributed by atoms with Gasteiger partial charge >= 0.3 is 6.18 Å². The number of allylic oxidation sites excluding steroid dienone is 2. The van der Waals surface area contributed by atoms with Gasteiger partial charge in [0.05, 0.1) is 5.56 Å². The third-order valence-electron chi connectivity index (χ3n) is 6.32. The molecule has 0 unspecified atom stereocenters. The highest BCUT2D eigenvalue weighted by Crippen LogP contribution is 2.40. The average molecular weight is 388 g/mol. The van der Waals surface area contributed by atoms with Gasteiger partial charge in [-0.15, -0.1) is 0 Å². The summed E-state index contributed by atoms with van der Waals surface area (Å²) in [6, 6.07) is 7.81. The van der Waals surface area contributed by atoms with Gasteiger partial charge in [0.25, 0.3) is 0 Å². The van der Waals surface area contributed by atoms with Crippen LogP contribution in [0.3, 0.4) is 0 Å². The lowest BCUT2D eigenvalue weighted by Crippen LogP contribution is -2.20. The minimum atomic E-state index is -4.65. The fourth-order valence-corrected chi connectivity index (χ4v) is 4.93. The normalized spacial score (nSPS) is 22.2. The van der Waals surface area contributed by atoms with E-state index in [9.17, 15) is 17.6 Å². The maximum absolute atomic E-state index is 14.0. The maximum atomic E-state index is 14.0. The van der Waals surface area contributed by atoms with Crippen LogP contribution < -0.4 is 0 Å². The number of fused-ring (bicyclic) bond motifs is 3. The van der Waals surface area contributed by atoms with Crippen molar-refractivity contribution >= 4 is 0 Å². The monoisotopic (exact) mass is 388 g/mol. The summed E-state index contributed by atoms with van der Waals surface area (Å²) in [5.74, 6) is -0.486. The molecule has 2 aliphatic rings. The molecule has 0 bridgehead atoms. The number of halogens is 4. The van der Waals surface area contributed by atoms with E-state index in [1.54, 1.807) is 0 Å². The molecule has 148 valence electrons. The summed E-state index contributed by atoms with van der Waals surface area (Å²) < 4.78 is 52.4. The third kappa shape index (κ3) is 3.61. The third-order valence-corrected chi connectivity index (χ3v) is 6.32. The zero-order valence-electron chi connectivity index (χ0n) is 16.0. The Morgan fingerprint density at radius 3 is 2.25 bits per heavy atom. The predicted molar refractivity (Wildman–Crippen MR) is 103 cm³/mol. The van der Waals surface area contributed by atoms with Crippen LogP contribution in [-0.2, 0) is 31.9 Å². The Kier molecular flexibility index (Phi) is 5.07. The van der Waals surface area contributed by atoms with E-state index in [-0.39, 0.29) is 5.92 Å². The molecule has 0 saturated heterocycles. The minimum Gasteiger partial charge on any atom is -0.206 e. The van der Waals surface area contributed by atoms with E-state index in [1.165, 1.54) is 34.7 Å². The van der Waals surface area contributed by atoms with Gasteiger partial charge in [-0.25, -0.2) is 4.39 Å². The average Bonchev–Trinajstić information content (AvgIpc) is 2.66. The van der Waals surface area contributed by atoms with Gasteiger partial charge in [-0.1, -0.05) is 30.4 Å². The molecular formula is C24H24F4. The Labute approximate surface area is 163 Å². The standard InChI is InChI=1S/C24H24F4/c1-2-3-15-4-9-20-18(12-15)5-6-19-13-16(7-10-21(19)20)17-8-11-22(23(25)14-17)24(26,27)28/h2-3,5-6,8,11,14-16H,4,7,9-10,12-13H2,1H3/b3-2+/t15-,16-/m0/s1. The first-order chi connectivity index (χ1) is 13.4. The molecule has 0 N–H and O–H groups in total. The number of alkyl halides is 3. The summed E-state index contributed by atoms with van der Waals surface area (Å²) in [5, 5.41) is 0. The lowest BCUT2D eigenvalue weighted by atomic mass is 9.74. The summed E-state index contributed by atoms with van der Waals surface area (Å²) in [6.45, 7) is 2.06. The molecular weight excluding hydrogens is 364 g/mol. The molecule has 2 aromatic rings. The summed E-state index contributed by atoms with van der Waals surface area (Å²) in [5.41, 5.74) is 5.11. The lowest BCUT2D eigenvalue weighted by Gasteiger charge is -2.31. The lowest BCUT2D eigenvalue weighted by molar-refractivity contribution is -0.140. The van der Waals surface area contributed by atoms with E-state index in [1.807, 2.05) is 0 Å². The molecule has 0 fully saturated rings. The quantitative estimate of drug-likeness (QED) is 0.392. The largest absolute Gasteiger partial charge is 0.419 e. The Hall–Kier alpha value is -2.10. The topological polar surface area (TPSA) is 0 Å². The fourth-order valence-electron chi connectivity index (χ4n) is 4.93. The van der Waals surface area contributed by atoms with Crippen LogP contribution in [0.5, 0.6) is 0 Å². The Morgan fingerprint density at radius 2 is 1.61 bits per heavy atom. The first kappa shape index (κ1) is 19.2. The second-order valence-electron chi connectivity index (χ2n) is 8.05. The second-order valence-corrected chi connectivity index (χ2v) is 8.05. The van der Waals surface area contributed by atoms with Gasteiger partial charge in [-0.3, -0.25) is 0 Å². The Morgan fingerprint density at radius 1 is 0.929 bits per heavy atom. The van der Waals surface area contributed by atoms with Crippen LogP contribution in [-0.4, -0.2) is 0 Å². The van der Waals surface area contributed by atoms with Crippen molar-refractivity contribution in [1.82, 2.24) is 0 Å². The number of hydrogen-bond donors (Lipinski definition) is 0. The first-order valence-electron chi connectivity index (χ1n) is 9.98. The van der Waals surface area contributed by atoms with Crippen molar-refractivity contribution in [3.05, 3.63) is 81.7 Å². The van der Waals surface area contributed by atoms with Gasteiger partial charge in [0.15, 0.2) is 0 Å². The summed E-state index contributed by atoms with van der Waals surface area (Å²) in [7, 11) is 0. The summed E-state index contributed by atoms with van der Waals surface area (Å²) in [4.78, 5) is 0. The van der Waals surface area contributed by atoms with Crippen LogP contribution in [0.15, 0.2) is 42.5 Å². The van der Waals surface area contributed by atoms with Crippen molar-refractivity contribution in [3.8, 4) is 0 Å². The molecule has 2 aromatic carbocycles. The van der Waals surface area contributed by atoms with Crippen molar-refractivity contribution < 1.29 is 17.6 Å². The Balaban J connectivity index is 1.57. The van der Waals surface area contributed by atoms with Crippen LogP contribution >= 0.6 is 0 Å². The van der Waals surface area contributed by atoms with Crippen molar-refractivity contribution in [2.24, 2.45) is 5.92 Å². The number of hydrogen-bond acceptors (Lipinski definition) is 0. The van der Waals surface area contributed by atoms with Gasteiger partial charge in [-0.05, 0) is 97.2 Å². The smallest absolute Gasteiger partial charge is 0.206 e. The van der Waals surface area contributed by atoms with Gasteiger partial charge in [0, 0.05) is 0 Å². The highest BCUT2D eigenvalue weighted by Gasteiger charge is 2.34. The zero-order valence-corrected chi connectivity index (χ0v) is 16.0. The van der Waals surface area contributed by atoms with E-state index in [2.05, 4.69) is 31.2 Å². The minimum absolute atomic E-state index is 0.0710. The highest BCUT2D eigenvalue weighted by molar-refractivity contribution is 5.46. The summed E-state index contributed by atoms with van der Waals surface area (Å²) in [6.07, 6.45) is 5.65. The number of benzene rings is 2. The van der Waals surface area contributed by atoms with Crippen molar-refractivity contribution in [1.29, 1.82) is 0 Å². The SMILES string of the molecule is C/C=C/[C@H]1CCc2c(ccc3c2CC[C@H](c2ccc(C(F)(F)F)c(F)c2)C3)C1. The first-order valence-corrected chi connectivity index (χ1v) is 9.98. The van der Waals surface area contributed by atoms with Gasteiger partial charge in [-0.2, -0.15) is 13.2 Å². The fraction of sp³-hybridized carbons (Fsp3) is 0.417. The van der Waals surface area contributed by atoms with Crippen LogP contribution in [0.1, 0.15) is 59.1 Å². The molecule has 0 heterocycles. The second kappa shape index (κ2) is 7.38. The molecule has 0 aromatic heterocycles. The van der Waals surface area contributed by atoms with Gasteiger partial charge in [0.1, 0.15) is 5.82 Å². The van der Waals surface area contributed by atoms with E-state index in [0.717, 1.165) is 44.2 Å². The molecule has 2 aliphatic carbocycles. The van der Waals surface area contributed by atoms with Crippen LogP contribution in [0.2, 0.25) is 0 Å². The summed E-state index contributed by atoms with van der Waals surface area (Å²) >= 11 is 0. The van der Waals surface area contributed by atoms with E-state index >= 15 is 0 Å². The van der Waals surface area contributed by atoms with Gasteiger partial charge in [0.2, 0.25) is 0 Å². The van der Waals surface area contributed by atoms with Gasteiger partial charge < -0.3 is 0 Å². The molecule has 2 atom stereocenters. The zero-order chi connectivity index (χ0) is 19.9. The molecule has 4 heteroatoms. The van der Waals surface area contributed by atoms with Crippen molar-refractivity contribution in [2.45, 2.75) is 57.5 Å². The highest BCUT2D eigenvalue weighted by atomic mass is 19.4. The van der Waals surface area contributed by atoms with Crippen LogP contribution in [0.4, 0.5) is 17.6 Å². The van der Waals surface area contributed by atoms with Crippen molar-refractivity contribution in [2.75, 3.05) is 0 Å². The maximum Gasteiger partial charge on any atom is 0.419 e. The molecule has 0 radical (unpaired) electrons. The van der Waals surface area contributed by atoms with E-state index in [4.69, 9.17) is 0 Å². The van der Waals surface area contributed by atoms with Crippen LogP contribution in [0.25, 0.3) is 0 Å². The van der Waals surface area contributed by atoms with Crippen molar-refractivity contribution in [3.63, 3.8) is 0 Å². The molecule has 28 heavy (non-hydrogen) atoms. The molecule has 0 spiro atoms. The van der Waals surface area contributed by atoms with Crippen LogP contribution in [0, 0.1) is 11.7 Å². The molecule has 4 rings (SSSR count). The Bertz CT molecular complexity index is 908. The van der Waals surface area contributed by atoms with E-state index in [0.29, 0.717) is 11.5 Å². The molecule has 0 nitrogen and oxygen atoms in total. The number of rotatable bonds is 2. The van der Waals surface area contributed by atoms with E-state index < -0.39 is 17.6 Å². The molecule has 0 saturated carbocycles. The predicted octanol–water partition coefficient (Wildman–Crippen LogP) is 6.80.